The smallest absolute Gasteiger partial charge is 0.264 e. The van der Waals surface area contributed by atoms with Crippen molar-refractivity contribution < 1.29 is 27.9 Å². The van der Waals surface area contributed by atoms with Gasteiger partial charge in [-0.2, -0.15) is 0 Å². The summed E-state index contributed by atoms with van der Waals surface area (Å²) in [7, 11) is -3.97. The zero-order valence-corrected chi connectivity index (χ0v) is 28.8. The molecule has 1 amide bonds. The van der Waals surface area contributed by atoms with Crippen LogP contribution in [0.25, 0.3) is 0 Å². The van der Waals surface area contributed by atoms with Crippen LogP contribution in [-0.2, 0) is 26.7 Å². The van der Waals surface area contributed by atoms with Gasteiger partial charge in [-0.15, -0.1) is 0 Å². The lowest BCUT2D eigenvalue weighted by molar-refractivity contribution is -0.134. The Morgan fingerprint density at radius 3 is 2.65 bits per heavy atom. The molecular formula is C36H47ClN2O6S. The van der Waals surface area contributed by atoms with Crippen LogP contribution in [0.15, 0.2) is 36.4 Å². The van der Waals surface area contributed by atoms with E-state index in [0.29, 0.717) is 56.2 Å². The van der Waals surface area contributed by atoms with Gasteiger partial charge < -0.3 is 14.7 Å². The minimum absolute atomic E-state index is 0.0452. The Bertz CT molecular complexity index is 1610. The molecule has 2 aliphatic carbocycles. The van der Waals surface area contributed by atoms with Crippen molar-refractivity contribution in [3.63, 3.8) is 0 Å². The molecule has 0 saturated heterocycles. The molecule has 1 saturated carbocycles. The number of carbonyl (C=O) groups excluding carboxylic acids is 2. The molecule has 46 heavy (non-hydrogen) atoms. The number of nitrogens with zero attached hydrogens (tertiary/aromatic N) is 1. The summed E-state index contributed by atoms with van der Waals surface area (Å²) in [6.07, 6.45) is 6.72. The van der Waals surface area contributed by atoms with Crippen molar-refractivity contribution in [1.29, 1.82) is 0 Å². The quantitative estimate of drug-likeness (QED) is 0.399. The van der Waals surface area contributed by atoms with Gasteiger partial charge in [0.2, 0.25) is 10.0 Å². The van der Waals surface area contributed by atoms with Gasteiger partial charge in [-0.05, 0) is 111 Å². The van der Waals surface area contributed by atoms with Crippen LogP contribution in [0.4, 0.5) is 5.69 Å². The van der Waals surface area contributed by atoms with Crippen LogP contribution < -0.4 is 14.4 Å². The van der Waals surface area contributed by atoms with Gasteiger partial charge in [0, 0.05) is 41.9 Å². The number of anilines is 1. The van der Waals surface area contributed by atoms with E-state index in [4.69, 9.17) is 16.3 Å². The summed E-state index contributed by atoms with van der Waals surface area (Å²) in [5.74, 6) is -0.120. The number of fused-ring (bicyclic) bond motifs is 4. The molecule has 4 aliphatic rings. The number of nitrogens with one attached hydrogen (secondary N) is 1. The maximum atomic E-state index is 13.5. The van der Waals surface area contributed by atoms with Gasteiger partial charge in [-0.25, -0.2) is 13.1 Å². The lowest BCUT2D eigenvalue weighted by Crippen LogP contribution is -2.53. The number of rotatable bonds is 3. The maximum absolute atomic E-state index is 13.5. The van der Waals surface area contributed by atoms with E-state index in [1.165, 1.54) is 11.1 Å². The van der Waals surface area contributed by atoms with E-state index in [9.17, 15) is 23.1 Å². The zero-order valence-electron chi connectivity index (χ0n) is 27.2. The lowest BCUT2D eigenvalue weighted by atomic mass is 9.61. The normalized spacial score (nSPS) is 32.6. The molecule has 0 radical (unpaired) electrons. The molecule has 10 heteroatoms. The predicted octanol–water partition coefficient (Wildman–Crippen LogP) is 6.21. The van der Waals surface area contributed by atoms with Gasteiger partial charge in [0.15, 0.2) is 0 Å². The molecule has 250 valence electrons. The molecule has 2 N–H and O–H groups in total. The predicted molar refractivity (Wildman–Crippen MR) is 180 cm³/mol. The van der Waals surface area contributed by atoms with E-state index >= 15 is 0 Å². The van der Waals surface area contributed by atoms with Gasteiger partial charge in [0.05, 0.1) is 23.1 Å². The molecular weight excluding hydrogens is 624 g/mol. The number of ether oxygens (including phenoxy) is 1. The highest BCUT2D eigenvalue weighted by Crippen LogP contribution is 2.49. The Balaban J connectivity index is 1.44. The van der Waals surface area contributed by atoms with Crippen LogP contribution >= 0.6 is 11.6 Å². The number of ketones is 1. The first kappa shape index (κ1) is 33.3. The van der Waals surface area contributed by atoms with Crippen LogP contribution in [0.1, 0.15) is 100 Å². The van der Waals surface area contributed by atoms with E-state index in [-0.39, 0.29) is 40.9 Å². The third kappa shape index (κ3) is 6.31. The van der Waals surface area contributed by atoms with E-state index in [0.717, 1.165) is 37.8 Å². The lowest BCUT2D eigenvalue weighted by Gasteiger charge is -2.50. The summed E-state index contributed by atoms with van der Waals surface area (Å²) < 4.78 is 35.6. The number of carbonyl (C=O) groups is 2. The average Bonchev–Trinajstić information content (AvgIpc) is 3.14. The molecule has 0 aromatic heterocycles. The van der Waals surface area contributed by atoms with Gasteiger partial charge in [-0.1, -0.05) is 37.9 Å². The second kappa shape index (κ2) is 12.8. The highest BCUT2D eigenvalue weighted by molar-refractivity contribution is 7.90. The minimum atomic E-state index is -3.97. The zero-order chi connectivity index (χ0) is 32.9. The number of aryl methyl sites for hydroxylation is 1. The molecule has 8 nitrogen and oxygen atoms in total. The fourth-order valence-electron chi connectivity index (χ4n) is 8.46. The molecule has 2 bridgehead atoms. The number of aliphatic hydroxyl groups is 1. The van der Waals surface area contributed by atoms with Crippen molar-refractivity contribution >= 4 is 39.0 Å². The molecule has 0 unspecified atom stereocenters. The van der Waals surface area contributed by atoms with Crippen molar-refractivity contribution in [2.45, 2.75) is 101 Å². The van der Waals surface area contributed by atoms with Crippen LogP contribution in [0.3, 0.4) is 0 Å². The first-order valence-corrected chi connectivity index (χ1v) is 18.9. The standard InChI is InChI=1S/C36H47ClN2O6S/c1-4-29(40)19-36(42)16-5-7-23(2)24(3)46(43,44)38-34(41)26-10-14-33-32(18-26)39(20-27-9-12-31(27)36)21-35(22-45-33)15-6-8-25-17-28(37)11-13-30(25)35/h10-11,13-14,17-18,23-24,27,31,42H,4-9,12,15-16,19-22H2,1-3H3,(H,38,41)/t23-,24+,27-,31+,35-,36-/m0/s1. The monoisotopic (exact) mass is 670 g/mol. The maximum Gasteiger partial charge on any atom is 0.264 e. The third-order valence-electron chi connectivity index (χ3n) is 11.6. The van der Waals surface area contributed by atoms with Crippen LogP contribution in [-0.4, -0.2) is 55.8 Å². The first-order valence-electron chi connectivity index (χ1n) is 16.9. The molecule has 1 fully saturated rings. The highest BCUT2D eigenvalue weighted by Gasteiger charge is 2.49. The number of Topliss-reactive ketones (excluding diaryl/α,β-unsaturated/α-hetero) is 1. The fourth-order valence-corrected chi connectivity index (χ4v) is 9.96. The van der Waals surface area contributed by atoms with Crippen LogP contribution in [0.5, 0.6) is 5.75 Å². The molecule has 6 atom stereocenters. The van der Waals surface area contributed by atoms with Crippen LogP contribution in [0.2, 0.25) is 5.02 Å². The molecule has 2 aliphatic heterocycles. The summed E-state index contributed by atoms with van der Waals surface area (Å²) in [6, 6.07) is 11.3. The SMILES string of the molecule is CCC(=O)C[C@@]1(O)CCC[C@H](C)[C@@H](C)S(=O)(=O)NC(=O)c2ccc3c(c2)N(C[C@@H]2CC[C@H]21)C[C@@]1(CCCc2cc(Cl)ccc21)CO3. The highest BCUT2D eigenvalue weighted by atomic mass is 35.5. The summed E-state index contributed by atoms with van der Waals surface area (Å²) >= 11 is 6.42. The average molecular weight is 671 g/mol. The van der Waals surface area contributed by atoms with Crippen molar-refractivity contribution in [3.05, 3.63) is 58.1 Å². The van der Waals surface area contributed by atoms with Gasteiger partial charge in [0.1, 0.15) is 11.5 Å². The molecule has 2 heterocycles. The third-order valence-corrected chi connectivity index (χ3v) is 13.7. The Morgan fingerprint density at radius 1 is 1.11 bits per heavy atom. The van der Waals surface area contributed by atoms with E-state index < -0.39 is 26.8 Å². The number of hydrogen-bond donors (Lipinski definition) is 2. The Morgan fingerprint density at radius 2 is 1.91 bits per heavy atom. The number of amides is 1. The van der Waals surface area contributed by atoms with E-state index in [2.05, 4.69) is 21.8 Å². The van der Waals surface area contributed by atoms with Gasteiger partial charge >= 0.3 is 0 Å². The number of hydrogen-bond acceptors (Lipinski definition) is 7. The molecule has 2 aromatic rings. The van der Waals surface area contributed by atoms with Crippen molar-refractivity contribution in [3.8, 4) is 5.75 Å². The van der Waals surface area contributed by atoms with Gasteiger partial charge in [0.25, 0.3) is 5.91 Å². The number of sulfonamides is 1. The molecule has 1 spiro atoms. The summed E-state index contributed by atoms with van der Waals surface area (Å²) in [5.41, 5.74) is 1.99. The van der Waals surface area contributed by atoms with Crippen LogP contribution in [0, 0.1) is 17.8 Å². The van der Waals surface area contributed by atoms with E-state index in [1.54, 1.807) is 25.1 Å². The first-order chi connectivity index (χ1) is 21.8. The second-order valence-corrected chi connectivity index (χ2v) is 16.9. The topological polar surface area (TPSA) is 113 Å². The Kier molecular flexibility index (Phi) is 9.24. The largest absolute Gasteiger partial charge is 0.490 e. The molecule has 2 aromatic carbocycles. The Hall–Kier alpha value is -2.62. The van der Waals surface area contributed by atoms with Gasteiger partial charge in [-0.3, -0.25) is 9.59 Å². The summed E-state index contributed by atoms with van der Waals surface area (Å²) in [4.78, 5) is 28.6. The number of halogens is 1. The van der Waals surface area contributed by atoms with E-state index in [1.807, 2.05) is 19.9 Å². The second-order valence-electron chi connectivity index (χ2n) is 14.5. The number of benzene rings is 2. The van der Waals surface area contributed by atoms with Crippen molar-refractivity contribution in [2.75, 3.05) is 24.6 Å². The van der Waals surface area contributed by atoms with Crippen molar-refractivity contribution in [2.24, 2.45) is 17.8 Å². The molecule has 6 rings (SSSR count). The Labute approximate surface area is 278 Å². The fraction of sp³-hybridized carbons (Fsp3) is 0.611. The van der Waals surface area contributed by atoms with Crippen molar-refractivity contribution in [1.82, 2.24) is 4.72 Å². The minimum Gasteiger partial charge on any atom is -0.490 e. The summed E-state index contributed by atoms with van der Waals surface area (Å²) in [5, 5.41) is 12.1. The summed E-state index contributed by atoms with van der Waals surface area (Å²) in [6.45, 7) is 7.06.